The molecule has 0 saturated heterocycles. The van der Waals surface area contributed by atoms with Gasteiger partial charge in [0.05, 0.1) is 13.2 Å². The molecule has 0 rings (SSSR count). The van der Waals surface area contributed by atoms with Crippen LogP contribution in [-0.4, -0.2) is 44.0 Å². The minimum atomic E-state index is -4.54. The molecule has 0 aliphatic carbocycles. The van der Waals surface area contributed by atoms with Crippen LogP contribution in [0.5, 0.6) is 0 Å². The van der Waals surface area contributed by atoms with Crippen LogP contribution in [0.25, 0.3) is 0 Å². The van der Waals surface area contributed by atoms with Gasteiger partial charge in [-0.05, 0) is 6.42 Å². The predicted octanol–water partition coefficient (Wildman–Crippen LogP) is 2.32. The lowest BCUT2D eigenvalue weighted by Crippen LogP contribution is -2.27. The first-order chi connectivity index (χ1) is 9.49. The molecular weight excluding hydrogens is 284 g/mol. The van der Waals surface area contributed by atoms with Crippen molar-refractivity contribution in [2.24, 2.45) is 0 Å². The Bertz CT molecular complexity index is 304. The Kier molecular flexibility index (Phi) is 12.4. The molecule has 7 heteroatoms. The minimum absolute atomic E-state index is 0.0488. The van der Waals surface area contributed by atoms with E-state index in [4.69, 9.17) is 14.4 Å². The van der Waals surface area contributed by atoms with Crippen LogP contribution in [0, 0.1) is 0 Å². The van der Waals surface area contributed by atoms with Crippen molar-refractivity contribution in [2.45, 2.75) is 64.4 Å². The number of rotatable bonds is 14. The van der Waals surface area contributed by atoms with Gasteiger partial charge in [0.25, 0.3) is 0 Å². The van der Waals surface area contributed by atoms with Gasteiger partial charge in [0.1, 0.15) is 6.10 Å². The zero-order valence-electron chi connectivity index (χ0n) is 12.3. The number of hydrogen-bond acceptors (Lipinski definition) is 5. The van der Waals surface area contributed by atoms with Gasteiger partial charge in [0.2, 0.25) is 0 Å². The predicted molar refractivity (Wildman–Crippen MR) is 76.9 cm³/mol. The zero-order valence-corrected chi connectivity index (χ0v) is 13.1. The van der Waals surface area contributed by atoms with Crippen LogP contribution in [0.3, 0.4) is 0 Å². The highest BCUT2D eigenvalue weighted by atomic mass is 32.3. The summed E-state index contributed by atoms with van der Waals surface area (Å²) in [5.41, 5.74) is 0. The molecule has 0 saturated carbocycles. The molecule has 0 heterocycles. The molecule has 0 aromatic carbocycles. The van der Waals surface area contributed by atoms with Crippen molar-refractivity contribution < 1.29 is 27.0 Å². The van der Waals surface area contributed by atoms with Gasteiger partial charge in [-0.15, -0.1) is 0 Å². The van der Waals surface area contributed by atoms with Gasteiger partial charge in [-0.25, -0.2) is 4.18 Å². The summed E-state index contributed by atoms with van der Waals surface area (Å²) in [4.78, 5) is 0. The second-order valence-electron chi connectivity index (χ2n) is 4.88. The lowest BCUT2D eigenvalue weighted by Gasteiger charge is -2.12. The monoisotopic (exact) mass is 312 g/mol. The Morgan fingerprint density at radius 2 is 1.55 bits per heavy atom. The van der Waals surface area contributed by atoms with Crippen LogP contribution in [0.2, 0.25) is 0 Å². The normalized spacial score (nSPS) is 13.6. The second-order valence-corrected chi connectivity index (χ2v) is 5.93. The van der Waals surface area contributed by atoms with Crippen LogP contribution in [0.1, 0.15) is 58.3 Å². The van der Waals surface area contributed by atoms with Crippen molar-refractivity contribution in [3.63, 3.8) is 0 Å². The quantitative estimate of drug-likeness (QED) is 0.378. The van der Waals surface area contributed by atoms with Crippen molar-refractivity contribution >= 4 is 10.4 Å². The highest BCUT2D eigenvalue weighted by molar-refractivity contribution is 7.80. The molecule has 122 valence electrons. The standard InChI is InChI=1S/C13H28O6S/c1-2-3-4-5-6-7-8-9-10-18-12-13(11-14)19-20(15,16)17/h13-14H,2-12H2,1H3,(H,15,16,17). The fourth-order valence-electron chi connectivity index (χ4n) is 1.84. The van der Waals surface area contributed by atoms with Crippen LogP contribution in [0.15, 0.2) is 0 Å². The van der Waals surface area contributed by atoms with Crippen molar-refractivity contribution in [2.75, 3.05) is 19.8 Å². The molecule has 0 bridgehead atoms. The molecule has 6 nitrogen and oxygen atoms in total. The Hall–Kier alpha value is -0.210. The van der Waals surface area contributed by atoms with Gasteiger partial charge in [0.15, 0.2) is 0 Å². The van der Waals surface area contributed by atoms with E-state index in [0.29, 0.717) is 6.61 Å². The maximum Gasteiger partial charge on any atom is 0.397 e. The van der Waals surface area contributed by atoms with Crippen molar-refractivity contribution in [1.82, 2.24) is 0 Å². The average molecular weight is 312 g/mol. The zero-order chi connectivity index (χ0) is 15.3. The lowest BCUT2D eigenvalue weighted by molar-refractivity contribution is 0.0166. The van der Waals surface area contributed by atoms with E-state index < -0.39 is 23.1 Å². The van der Waals surface area contributed by atoms with E-state index >= 15 is 0 Å². The highest BCUT2D eigenvalue weighted by Gasteiger charge is 2.16. The van der Waals surface area contributed by atoms with Gasteiger partial charge >= 0.3 is 10.4 Å². The molecule has 20 heavy (non-hydrogen) atoms. The fraction of sp³-hybridized carbons (Fsp3) is 1.00. The number of hydrogen-bond donors (Lipinski definition) is 2. The summed E-state index contributed by atoms with van der Waals surface area (Å²) in [5.74, 6) is 0. The largest absolute Gasteiger partial charge is 0.397 e. The summed E-state index contributed by atoms with van der Waals surface area (Å²) < 4.78 is 38.8. The third-order valence-electron chi connectivity index (χ3n) is 2.91. The van der Waals surface area contributed by atoms with E-state index in [0.717, 1.165) is 12.8 Å². The summed E-state index contributed by atoms with van der Waals surface area (Å²) in [5, 5.41) is 8.85. The van der Waals surface area contributed by atoms with Crippen molar-refractivity contribution in [3.8, 4) is 0 Å². The average Bonchev–Trinajstić information content (AvgIpc) is 2.38. The summed E-state index contributed by atoms with van der Waals surface area (Å²) in [7, 11) is -4.54. The first-order valence-electron chi connectivity index (χ1n) is 7.34. The second kappa shape index (κ2) is 12.5. The van der Waals surface area contributed by atoms with Gasteiger partial charge in [-0.1, -0.05) is 51.9 Å². The van der Waals surface area contributed by atoms with E-state index in [1.165, 1.54) is 38.5 Å². The molecule has 1 atom stereocenters. The van der Waals surface area contributed by atoms with Gasteiger partial charge < -0.3 is 9.84 Å². The van der Waals surface area contributed by atoms with Gasteiger partial charge in [0, 0.05) is 6.61 Å². The highest BCUT2D eigenvalue weighted by Crippen LogP contribution is 2.08. The lowest BCUT2D eigenvalue weighted by atomic mass is 10.1. The molecule has 0 fully saturated rings. The Labute approximate surface area is 122 Å². The minimum Gasteiger partial charge on any atom is -0.394 e. The Morgan fingerprint density at radius 1 is 1.00 bits per heavy atom. The number of unbranched alkanes of at least 4 members (excludes halogenated alkanes) is 7. The third-order valence-corrected chi connectivity index (χ3v) is 3.42. The van der Waals surface area contributed by atoms with Crippen LogP contribution in [0.4, 0.5) is 0 Å². The van der Waals surface area contributed by atoms with Crippen LogP contribution >= 0.6 is 0 Å². The smallest absolute Gasteiger partial charge is 0.394 e. The molecule has 2 N–H and O–H groups in total. The molecule has 0 aliphatic heterocycles. The van der Waals surface area contributed by atoms with E-state index in [9.17, 15) is 8.42 Å². The fourth-order valence-corrected chi connectivity index (χ4v) is 2.30. The maximum absolute atomic E-state index is 10.4. The van der Waals surface area contributed by atoms with Gasteiger partial charge in [-0.3, -0.25) is 4.55 Å². The molecule has 0 spiro atoms. The Morgan fingerprint density at radius 3 is 2.05 bits per heavy atom. The SMILES string of the molecule is CCCCCCCCCCOCC(CO)OS(=O)(=O)O. The molecule has 0 aromatic heterocycles. The number of ether oxygens (including phenoxy) is 1. The summed E-state index contributed by atoms with van der Waals surface area (Å²) >= 11 is 0. The summed E-state index contributed by atoms with van der Waals surface area (Å²) in [6.07, 6.45) is 8.50. The van der Waals surface area contributed by atoms with E-state index in [1.54, 1.807) is 0 Å². The van der Waals surface area contributed by atoms with E-state index in [-0.39, 0.29) is 6.61 Å². The van der Waals surface area contributed by atoms with E-state index in [2.05, 4.69) is 11.1 Å². The molecule has 0 aromatic rings. The molecule has 0 aliphatic rings. The van der Waals surface area contributed by atoms with Crippen molar-refractivity contribution in [3.05, 3.63) is 0 Å². The number of aliphatic hydroxyl groups excluding tert-OH is 1. The topological polar surface area (TPSA) is 93.1 Å². The van der Waals surface area contributed by atoms with Crippen molar-refractivity contribution in [1.29, 1.82) is 0 Å². The third kappa shape index (κ3) is 14.2. The summed E-state index contributed by atoms with van der Waals surface area (Å²) in [6, 6.07) is 0. The first-order valence-corrected chi connectivity index (χ1v) is 8.70. The van der Waals surface area contributed by atoms with Crippen LogP contribution < -0.4 is 0 Å². The van der Waals surface area contributed by atoms with Gasteiger partial charge in [-0.2, -0.15) is 8.42 Å². The van der Waals surface area contributed by atoms with Crippen LogP contribution in [-0.2, 0) is 19.3 Å². The summed E-state index contributed by atoms with van der Waals surface area (Å²) in [6.45, 7) is 2.13. The first kappa shape index (κ1) is 19.8. The molecule has 1 unspecified atom stereocenters. The molecule has 0 amide bonds. The van der Waals surface area contributed by atoms with E-state index in [1.807, 2.05) is 0 Å². The number of aliphatic hydroxyl groups is 1. The molecular formula is C13H28O6S. The molecule has 0 radical (unpaired) electrons. The Balaban J connectivity index is 3.38. The maximum atomic E-state index is 10.4.